The van der Waals surface area contributed by atoms with Gasteiger partial charge in [0.2, 0.25) is 5.91 Å². The van der Waals surface area contributed by atoms with Crippen LogP contribution in [0.3, 0.4) is 0 Å². The lowest BCUT2D eigenvalue weighted by Crippen LogP contribution is -2.41. The van der Waals surface area contributed by atoms with E-state index in [0.29, 0.717) is 17.1 Å². The molecule has 3 rings (SSSR count). The first-order valence-electron chi connectivity index (χ1n) is 8.64. The van der Waals surface area contributed by atoms with Gasteiger partial charge < -0.3 is 14.8 Å². The second kappa shape index (κ2) is 8.79. The largest absolute Gasteiger partial charge is 0.497 e. The molecule has 28 heavy (non-hydrogen) atoms. The lowest BCUT2D eigenvalue weighted by molar-refractivity contribution is -0.152. The number of nitrogens with zero attached hydrogens (tertiary/aromatic N) is 1. The fraction of sp³-hybridized carbons (Fsp3) is 0.250. The number of thioether (sulfide) groups is 1. The summed E-state index contributed by atoms with van der Waals surface area (Å²) >= 11 is 1.43. The molecule has 0 spiro atoms. The lowest BCUT2D eigenvalue weighted by Gasteiger charge is -2.28. The smallest absolute Gasteiger partial charge is 0.326 e. The van der Waals surface area contributed by atoms with Crippen molar-refractivity contribution in [1.82, 2.24) is 0 Å². The Morgan fingerprint density at radius 1 is 1.18 bits per heavy atom. The summed E-state index contributed by atoms with van der Waals surface area (Å²) in [6.45, 7) is 1.25. The molecule has 0 aliphatic carbocycles. The Hall–Kier alpha value is -3.00. The summed E-state index contributed by atoms with van der Waals surface area (Å²) < 4.78 is 10.3. The van der Waals surface area contributed by atoms with Gasteiger partial charge in [-0.15, -0.1) is 11.8 Å². The van der Waals surface area contributed by atoms with Gasteiger partial charge in [-0.3, -0.25) is 19.3 Å². The third-order valence-electron chi connectivity index (χ3n) is 4.13. The van der Waals surface area contributed by atoms with Gasteiger partial charge in [0.1, 0.15) is 12.3 Å². The Morgan fingerprint density at radius 2 is 1.89 bits per heavy atom. The number of carbonyl (C=O) groups is 3. The SMILES string of the molecule is COc1ccc(NC(=O)[C@H](C)OC(=O)CN2C(=O)CSc3ccccc32)cc1. The fourth-order valence-electron chi connectivity index (χ4n) is 2.66. The molecule has 0 saturated heterocycles. The van der Waals surface area contributed by atoms with E-state index in [9.17, 15) is 14.4 Å². The summed E-state index contributed by atoms with van der Waals surface area (Å²) in [4.78, 5) is 39.1. The van der Waals surface area contributed by atoms with E-state index in [0.717, 1.165) is 4.90 Å². The van der Waals surface area contributed by atoms with Gasteiger partial charge in [-0.05, 0) is 43.3 Å². The zero-order chi connectivity index (χ0) is 20.1. The number of amides is 2. The molecule has 1 aliphatic heterocycles. The molecule has 8 heteroatoms. The topological polar surface area (TPSA) is 84.9 Å². The van der Waals surface area contributed by atoms with Crippen LogP contribution in [0.4, 0.5) is 11.4 Å². The van der Waals surface area contributed by atoms with Crippen molar-refractivity contribution in [2.75, 3.05) is 29.6 Å². The van der Waals surface area contributed by atoms with Crippen molar-refractivity contribution in [3.05, 3.63) is 48.5 Å². The van der Waals surface area contributed by atoms with Gasteiger partial charge >= 0.3 is 5.97 Å². The molecule has 2 aromatic rings. The first kappa shape index (κ1) is 19.8. The number of para-hydroxylation sites is 1. The molecule has 0 bridgehead atoms. The molecule has 2 aromatic carbocycles. The van der Waals surface area contributed by atoms with Crippen LogP contribution in [-0.2, 0) is 19.1 Å². The zero-order valence-corrected chi connectivity index (χ0v) is 16.3. The van der Waals surface area contributed by atoms with Gasteiger partial charge in [0.25, 0.3) is 5.91 Å². The minimum absolute atomic E-state index is 0.170. The minimum Gasteiger partial charge on any atom is -0.497 e. The molecule has 1 aliphatic rings. The van der Waals surface area contributed by atoms with E-state index in [4.69, 9.17) is 9.47 Å². The van der Waals surface area contributed by atoms with Gasteiger partial charge in [-0.2, -0.15) is 0 Å². The van der Waals surface area contributed by atoms with E-state index in [1.807, 2.05) is 12.1 Å². The van der Waals surface area contributed by atoms with Crippen LogP contribution in [0.1, 0.15) is 6.92 Å². The number of methoxy groups -OCH3 is 1. The van der Waals surface area contributed by atoms with Crippen molar-refractivity contribution in [1.29, 1.82) is 0 Å². The highest BCUT2D eigenvalue weighted by molar-refractivity contribution is 8.00. The molecule has 2 amide bonds. The predicted molar refractivity (Wildman–Crippen MR) is 107 cm³/mol. The molecule has 0 radical (unpaired) electrons. The molecular weight excluding hydrogens is 380 g/mol. The highest BCUT2D eigenvalue weighted by atomic mass is 32.2. The summed E-state index contributed by atoms with van der Waals surface area (Å²) in [5.74, 6) is -0.345. The first-order chi connectivity index (χ1) is 13.5. The second-order valence-electron chi connectivity index (χ2n) is 6.09. The van der Waals surface area contributed by atoms with Crippen LogP contribution < -0.4 is 15.0 Å². The molecule has 0 fully saturated rings. The Balaban J connectivity index is 1.58. The number of esters is 1. The molecule has 1 N–H and O–H groups in total. The summed E-state index contributed by atoms with van der Waals surface area (Å²) in [5.41, 5.74) is 1.24. The highest BCUT2D eigenvalue weighted by Crippen LogP contribution is 2.34. The van der Waals surface area contributed by atoms with Crippen molar-refractivity contribution in [3.63, 3.8) is 0 Å². The number of fused-ring (bicyclic) bond motifs is 1. The number of rotatable bonds is 6. The summed E-state index contributed by atoms with van der Waals surface area (Å²) in [6.07, 6.45) is -1.00. The number of hydrogen-bond acceptors (Lipinski definition) is 6. The van der Waals surface area contributed by atoms with E-state index in [1.54, 1.807) is 43.5 Å². The van der Waals surface area contributed by atoms with Crippen molar-refractivity contribution in [3.8, 4) is 5.75 Å². The van der Waals surface area contributed by atoms with Crippen LogP contribution in [0.15, 0.2) is 53.4 Å². The van der Waals surface area contributed by atoms with Gasteiger partial charge in [0.05, 0.1) is 18.6 Å². The van der Waals surface area contributed by atoms with Crippen LogP contribution in [0.2, 0.25) is 0 Å². The number of nitrogens with one attached hydrogen (secondary N) is 1. The molecule has 1 atom stereocenters. The Morgan fingerprint density at radius 3 is 2.61 bits per heavy atom. The van der Waals surface area contributed by atoms with E-state index >= 15 is 0 Å². The van der Waals surface area contributed by atoms with Crippen LogP contribution in [0.5, 0.6) is 5.75 Å². The Kier molecular flexibility index (Phi) is 6.20. The van der Waals surface area contributed by atoms with E-state index < -0.39 is 18.0 Å². The van der Waals surface area contributed by atoms with E-state index in [1.165, 1.54) is 23.6 Å². The summed E-state index contributed by atoms with van der Waals surface area (Å²) in [7, 11) is 1.55. The fourth-order valence-corrected chi connectivity index (χ4v) is 3.60. The Labute approximate surface area is 167 Å². The standard InChI is InChI=1S/C20H20N2O5S/c1-13(20(25)21-14-7-9-15(26-2)10-8-14)27-19(24)11-22-16-5-3-4-6-17(16)28-12-18(22)23/h3-10,13H,11-12H2,1-2H3,(H,21,25)/t13-/m0/s1. The van der Waals surface area contributed by atoms with Crippen molar-refractivity contribution in [2.45, 2.75) is 17.9 Å². The van der Waals surface area contributed by atoms with Crippen molar-refractivity contribution in [2.24, 2.45) is 0 Å². The van der Waals surface area contributed by atoms with E-state index in [-0.39, 0.29) is 18.2 Å². The molecule has 0 aromatic heterocycles. The van der Waals surface area contributed by atoms with Crippen LogP contribution >= 0.6 is 11.8 Å². The molecule has 0 unspecified atom stereocenters. The quantitative estimate of drug-likeness (QED) is 0.751. The van der Waals surface area contributed by atoms with Crippen molar-refractivity contribution >= 4 is 40.9 Å². The minimum atomic E-state index is -1.00. The summed E-state index contributed by atoms with van der Waals surface area (Å²) in [5, 5.41) is 2.67. The van der Waals surface area contributed by atoms with Crippen LogP contribution in [0, 0.1) is 0 Å². The van der Waals surface area contributed by atoms with Crippen LogP contribution in [0.25, 0.3) is 0 Å². The average molecular weight is 400 g/mol. The normalized spacial score (nSPS) is 14.1. The molecule has 7 nitrogen and oxygen atoms in total. The third kappa shape index (κ3) is 4.64. The van der Waals surface area contributed by atoms with Gasteiger partial charge in [-0.1, -0.05) is 12.1 Å². The maximum absolute atomic E-state index is 12.3. The maximum atomic E-state index is 12.3. The Bertz CT molecular complexity index is 884. The van der Waals surface area contributed by atoms with Gasteiger partial charge in [0.15, 0.2) is 6.10 Å². The number of benzene rings is 2. The van der Waals surface area contributed by atoms with E-state index in [2.05, 4.69) is 5.32 Å². The average Bonchev–Trinajstić information content (AvgIpc) is 2.70. The number of carbonyl (C=O) groups excluding carboxylic acids is 3. The monoisotopic (exact) mass is 400 g/mol. The maximum Gasteiger partial charge on any atom is 0.326 e. The summed E-state index contributed by atoms with van der Waals surface area (Å²) in [6, 6.07) is 14.2. The lowest BCUT2D eigenvalue weighted by atomic mass is 10.2. The molecule has 146 valence electrons. The zero-order valence-electron chi connectivity index (χ0n) is 15.5. The number of anilines is 2. The number of ether oxygens (including phenoxy) is 2. The predicted octanol–water partition coefficient (Wildman–Crippen LogP) is 2.70. The van der Waals surface area contributed by atoms with Gasteiger partial charge in [-0.25, -0.2) is 0 Å². The molecule has 1 heterocycles. The molecular formula is C20H20N2O5S. The van der Waals surface area contributed by atoms with Gasteiger partial charge in [0, 0.05) is 10.6 Å². The second-order valence-corrected chi connectivity index (χ2v) is 7.10. The molecule has 0 saturated carbocycles. The number of hydrogen-bond donors (Lipinski definition) is 1. The van der Waals surface area contributed by atoms with Crippen LogP contribution in [-0.4, -0.2) is 43.3 Å². The van der Waals surface area contributed by atoms with Crippen molar-refractivity contribution < 1.29 is 23.9 Å². The first-order valence-corrected chi connectivity index (χ1v) is 9.63. The highest BCUT2D eigenvalue weighted by Gasteiger charge is 2.28. The third-order valence-corrected chi connectivity index (χ3v) is 5.18.